The minimum Gasteiger partial charge on any atom is -0.390 e. The van der Waals surface area contributed by atoms with Crippen LogP contribution in [0.15, 0.2) is 66.3 Å². The molecule has 10 atom stereocenters. The zero-order valence-corrected chi connectivity index (χ0v) is 28.3. The topological polar surface area (TPSA) is 105 Å². The molecule has 1 heterocycles. The molecule has 0 bridgehead atoms. The Bertz CT molecular complexity index is 1710. The van der Waals surface area contributed by atoms with Gasteiger partial charge in [0.1, 0.15) is 12.8 Å². The summed E-state index contributed by atoms with van der Waals surface area (Å²) in [4.78, 5) is 25.9. The van der Waals surface area contributed by atoms with Gasteiger partial charge in [0.05, 0.1) is 22.9 Å². The van der Waals surface area contributed by atoms with E-state index in [9.17, 15) is 19.8 Å². The number of nitrogens with one attached hydrogen (secondary N) is 1. The third-order valence-corrected chi connectivity index (χ3v) is 12.4. The number of hydrogen-bond donors (Lipinski definition) is 3. The van der Waals surface area contributed by atoms with Crippen molar-refractivity contribution in [1.82, 2.24) is 0 Å². The number of fused-ring (bicyclic) bond motifs is 7. The molecule has 5 aliphatic rings. The van der Waals surface area contributed by atoms with Crippen LogP contribution in [-0.4, -0.2) is 64.1 Å². The maximum Gasteiger partial charge on any atom is 0.193 e. The quantitative estimate of drug-likeness (QED) is 0.285. The van der Waals surface area contributed by atoms with Gasteiger partial charge in [-0.1, -0.05) is 62.4 Å². The summed E-state index contributed by atoms with van der Waals surface area (Å²) in [7, 11) is 0. The van der Waals surface area contributed by atoms with Gasteiger partial charge in [-0.3, -0.25) is 9.59 Å². The van der Waals surface area contributed by atoms with E-state index in [1.165, 1.54) is 19.1 Å². The van der Waals surface area contributed by atoms with Crippen molar-refractivity contribution >= 4 is 28.9 Å². The highest BCUT2D eigenvalue weighted by atomic mass is 35.5. The van der Waals surface area contributed by atoms with Crippen LogP contribution >= 0.6 is 11.6 Å². The average molecular weight is 698 g/mol. The van der Waals surface area contributed by atoms with Gasteiger partial charge in [-0.05, 0) is 93.4 Å². The Morgan fingerprint density at radius 2 is 1.80 bits per heavy atom. The number of aliphatic hydroxyl groups is 2. The lowest BCUT2D eigenvalue weighted by atomic mass is 9.44. The Morgan fingerprint density at radius 1 is 1.10 bits per heavy atom. The summed E-state index contributed by atoms with van der Waals surface area (Å²) in [6.07, 6.45) is -0.784. The third-order valence-electron chi connectivity index (χ3n) is 12.1. The first-order valence-electron chi connectivity index (χ1n) is 16.8. The van der Waals surface area contributed by atoms with Crippen molar-refractivity contribution in [2.45, 2.75) is 103 Å². The normalized spacial score (nSPS) is 39.0. The maximum absolute atomic E-state index is 17.6. The van der Waals surface area contributed by atoms with E-state index in [1.807, 2.05) is 56.3 Å². The van der Waals surface area contributed by atoms with Crippen molar-refractivity contribution in [1.29, 1.82) is 0 Å². The monoisotopic (exact) mass is 697 g/mol. The van der Waals surface area contributed by atoms with E-state index in [4.69, 9.17) is 21.1 Å². The number of carbonyl (C=O) groups is 2. The summed E-state index contributed by atoms with van der Waals surface area (Å²) < 4.78 is 46.5. The van der Waals surface area contributed by atoms with Gasteiger partial charge in [0.2, 0.25) is 0 Å². The van der Waals surface area contributed by atoms with Gasteiger partial charge >= 0.3 is 0 Å². The van der Waals surface area contributed by atoms with Gasteiger partial charge < -0.3 is 25.0 Å². The smallest absolute Gasteiger partial charge is 0.193 e. The van der Waals surface area contributed by atoms with Gasteiger partial charge in [-0.15, -0.1) is 0 Å². The van der Waals surface area contributed by atoms with Crippen LogP contribution in [0, 0.1) is 22.7 Å². The highest BCUT2D eigenvalue weighted by molar-refractivity contribution is 6.33. The zero-order valence-electron chi connectivity index (χ0n) is 27.5. The number of alkyl halides is 2. The molecule has 1 aliphatic heterocycles. The average Bonchev–Trinajstić information content (AvgIpc) is 3.54. The number of anilines is 1. The number of Topliss-reactive ketones (excluding diaryl/α,β-unsaturated/α-hetero) is 1. The van der Waals surface area contributed by atoms with E-state index in [0.29, 0.717) is 17.0 Å². The number of carbonyl (C=O) groups excluding carboxylic acids is 2. The van der Waals surface area contributed by atoms with Crippen molar-refractivity contribution in [2.24, 2.45) is 22.7 Å². The van der Waals surface area contributed by atoms with Gasteiger partial charge in [0.15, 0.2) is 29.1 Å². The van der Waals surface area contributed by atoms with Gasteiger partial charge in [0.25, 0.3) is 0 Å². The van der Waals surface area contributed by atoms with Crippen LogP contribution in [0.2, 0.25) is 5.02 Å². The lowest BCUT2D eigenvalue weighted by Gasteiger charge is -2.63. The highest BCUT2D eigenvalue weighted by Crippen LogP contribution is 2.72. The summed E-state index contributed by atoms with van der Waals surface area (Å²) in [5, 5.41) is 25.9. The Labute approximate surface area is 291 Å². The summed E-state index contributed by atoms with van der Waals surface area (Å²) in [6, 6.07) is 13.8. The van der Waals surface area contributed by atoms with Crippen LogP contribution in [0.5, 0.6) is 0 Å². The van der Waals surface area contributed by atoms with E-state index in [-0.39, 0.29) is 38.3 Å². The van der Waals surface area contributed by atoms with Gasteiger partial charge in [0, 0.05) is 28.4 Å². The van der Waals surface area contributed by atoms with Crippen molar-refractivity contribution < 1.29 is 38.1 Å². The molecule has 2 aromatic rings. The van der Waals surface area contributed by atoms with E-state index in [1.54, 1.807) is 6.92 Å². The summed E-state index contributed by atoms with van der Waals surface area (Å²) in [5.74, 6) is -2.62. The van der Waals surface area contributed by atoms with Crippen LogP contribution in [0.3, 0.4) is 0 Å². The molecule has 3 saturated carbocycles. The van der Waals surface area contributed by atoms with Crippen LogP contribution in [0.1, 0.15) is 77.4 Å². The molecule has 0 aromatic heterocycles. The zero-order chi connectivity index (χ0) is 34.4. The standard InChI is InChI=1S/C38H42ClF2NO6.CH4/c1-20(2)42-30-14-22(7-10-28(30)39)13-21-5-8-23(9-6-21)34-47-33-17-25-26-16-29(40)27-15-24(44)11-12-35(27,3)37(26,41)31(45)18-36(25,4)38(33,48-34)32(46)19-43;/h5-12,14-15,20,25-26,29,31,33-34,42-43,45H,13,16-19H2,1-4H3;1H4/t25-,26-,29-,31-,33+,34-,35-,36-,37-,38+;/m0./s1. The Hall–Kier alpha value is -2.95. The molecule has 264 valence electrons. The highest BCUT2D eigenvalue weighted by Gasteiger charge is 2.80. The third kappa shape index (κ3) is 5.09. The Kier molecular flexibility index (Phi) is 9.06. The molecule has 7 nitrogen and oxygen atoms in total. The Morgan fingerprint density at radius 3 is 2.47 bits per heavy atom. The number of halogens is 3. The van der Waals surface area contributed by atoms with Crippen molar-refractivity contribution in [3.05, 3.63) is 88.0 Å². The predicted octanol–water partition coefficient (Wildman–Crippen LogP) is 7.03. The van der Waals surface area contributed by atoms with E-state index < -0.39 is 76.8 Å². The molecule has 2 aromatic carbocycles. The second kappa shape index (κ2) is 12.4. The van der Waals surface area contributed by atoms with E-state index in [0.717, 1.165) is 22.9 Å². The molecule has 4 aliphatic carbocycles. The minimum absolute atomic E-state index is 0. The number of hydrogen-bond acceptors (Lipinski definition) is 7. The second-order valence-corrected chi connectivity index (χ2v) is 15.4. The molecule has 0 spiro atoms. The van der Waals surface area contributed by atoms with Crippen molar-refractivity contribution in [2.75, 3.05) is 11.9 Å². The largest absolute Gasteiger partial charge is 0.390 e. The van der Waals surface area contributed by atoms with Crippen LogP contribution in [0.4, 0.5) is 14.5 Å². The van der Waals surface area contributed by atoms with Crippen molar-refractivity contribution in [3.63, 3.8) is 0 Å². The molecule has 0 unspecified atom stereocenters. The first kappa shape index (κ1) is 35.9. The number of allylic oxidation sites excluding steroid dienone is 4. The molecule has 0 amide bonds. The van der Waals surface area contributed by atoms with Crippen LogP contribution in [-0.2, 0) is 25.5 Å². The van der Waals surface area contributed by atoms with E-state index in [2.05, 4.69) is 5.32 Å². The number of ketones is 2. The summed E-state index contributed by atoms with van der Waals surface area (Å²) in [5.41, 5.74) is -2.99. The fraction of sp³-hybridized carbons (Fsp3) is 0.538. The number of benzene rings is 2. The lowest BCUT2D eigenvalue weighted by Crippen LogP contribution is -2.70. The van der Waals surface area contributed by atoms with E-state index >= 15 is 8.78 Å². The number of ether oxygens (including phenoxy) is 2. The molecule has 3 N–H and O–H groups in total. The lowest BCUT2D eigenvalue weighted by molar-refractivity contribution is -0.235. The van der Waals surface area contributed by atoms with Crippen molar-refractivity contribution in [3.8, 4) is 0 Å². The number of rotatable bonds is 7. The fourth-order valence-corrected chi connectivity index (χ4v) is 10.0. The molecule has 10 heteroatoms. The minimum atomic E-state index is -2.30. The van der Waals surface area contributed by atoms with Gasteiger partial charge in [-0.2, -0.15) is 0 Å². The fourth-order valence-electron chi connectivity index (χ4n) is 9.85. The van der Waals surface area contributed by atoms with Crippen LogP contribution < -0.4 is 5.32 Å². The van der Waals surface area contributed by atoms with Gasteiger partial charge in [-0.25, -0.2) is 8.78 Å². The first-order chi connectivity index (χ1) is 22.7. The molecule has 49 heavy (non-hydrogen) atoms. The number of aliphatic hydroxyl groups excluding tert-OH is 2. The molecular formula is C39H46ClF2NO6. The maximum atomic E-state index is 17.6. The molecule has 0 radical (unpaired) electrons. The second-order valence-electron chi connectivity index (χ2n) is 15.0. The first-order valence-corrected chi connectivity index (χ1v) is 17.1. The molecule has 7 rings (SSSR count). The van der Waals surface area contributed by atoms with Crippen LogP contribution in [0.25, 0.3) is 0 Å². The molecule has 4 fully saturated rings. The predicted molar refractivity (Wildman–Crippen MR) is 184 cm³/mol. The summed E-state index contributed by atoms with van der Waals surface area (Å²) in [6.45, 7) is 6.59. The molecule has 1 saturated heterocycles. The SMILES string of the molecule is C.CC(C)Nc1cc(Cc2ccc([C@H]3O[C@@H]4C[C@H]5[C@@H]6C[C@H](F)C7=CC(=O)C=C[C@]7(C)[C@@]6(F)[C@@H](O)C[C@]5(C)[C@]4(C(=O)CO)O3)cc2)ccc1Cl. The Balaban J connectivity index is 0.00000417. The summed E-state index contributed by atoms with van der Waals surface area (Å²) >= 11 is 6.37. The molecular weight excluding hydrogens is 652 g/mol.